The molecule has 1 aliphatic heterocycles. The molecular formula is C19H23F3N2. The Balaban J connectivity index is 1.34. The topological polar surface area (TPSA) is 6.48 Å². The quantitative estimate of drug-likeness (QED) is 0.769. The van der Waals surface area contributed by atoms with Crippen LogP contribution in [0.3, 0.4) is 0 Å². The van der Waals surface area contributed by atoms with Crippen molar-refractivity contribution in [1.29, 1.82) is 0 Å². The zero-order valence-electron chi connectivity index (χ0n) is 13.7. The molecule has 0 aromatic heterocycles. The zero-order chi connectivity index (χ0) is 16.7. The number of rotatable bonds is 3. The summed E-state index contributed by atoms with van der Waals surface area (Å²) in [4.78, 5) is 4.57. The number of hydrogen-bond acceptors (Lipinski definition) is 2. The van der Waals surface area contributed by atoms with Crippen LogP contribution >= 0.6 is 0 Å². The van der Waals surface area contributed by atoms with Crippen molar-refractivity contribution in [1.82, 2.24) is 4.90 Å². The lowest BCUT2D eigenvalue weighted by Gasteiger charge is -2.38. The molecule has 0 N–H and O–H groups in total. The van der Waals surface area contributed by atoms with E-state index in [1.54, 1.807) is 6.07 Å². The number of nitrogens with zero attached hydrogens (tertiary/aromatic N) is 2. The number of piperazine rings is 1. The summed E-state index contributed by atoms with van der Waals surface area (Å²) in [5.41, 5.74) is 0.128. The Bertz CT molecular complexity index is 617. The number of alkyl halides is 3. The Hall–Kier alpha value is -1.49. The lowest BCUT2D eigenvalue weighted by Crippen LogP contribution is -2.48. The second-order valence-corrected chi connectivity index (χ2v) is 7.38. The van der Waals surface area contributed by atoms with Gasteiger partial charge in [0.1, 0.15) is 0 Å². The maximum Gasteiger partial charge on any atom is 0.416 e. The van der Waals surface area contributed by atoms with Gasteiger partial charge in [-0.05, 0) is 48.8 Å². The van der Waals surface area contributed by atoms with Crippen LogP contribution in [0.2, 0.25) is 0 Å². The minimum Gasteiger partial charge on any atom is -0.369 e. The van der Waals surface area contributed by atoms with Crippen molar-refractivity contribution in [2.75, 3.05) is 37.6 Å². The fourth-order valence-corrected chi connectivity index (χ4v) is 4.50. The second-order valence-electron chi connectivity index (χ2n) is 7.38. The molecule has 0 radical (unpaired) electrons. The normalized spacial score (nSPS) is 30.3. The first kappa shape index (κ1) is 16.0. The highest BCUT2D eigenvalue weighted by Crippen LogP contribution is 2.43. The van der Waals surface area contributed by atoms with Gasteiger partial charge in [-0.25, -0.2) is 0 Å². The van der Waals surface area contributed by atoms with E-state index in [0.29, 0.717) is 5.69 Å². The fourth-order valence-electron chi connectivity index (χ4n) is 4.50. The van der Waals surface area contributed by atoms with Gasteiger partial charge in [0.15, 0.2) is 0 Å². The van der Waals surface area contributed by atoms with Gasteiger partial charge in [-0.2, -0.15) is 13.2 Å². The van der Waals surface area contributed by atoms with Crippen LogP contribution in [0.5, 0.6) is 0 Å². The van der Waals surface area contributed by atoms with E-state index in [-0.39, 0.29) is 0 Å². The van der Waals surface area contributed by atoms with Gasteiger partial charge in [0, 0.05) is 38.4 Å². The van der Waals surface area contributed by atoms with Gasteiger partial charge in [-0.15, -0.1) is 0 Å². The summed E-state index contributed by atoms with van der Waals surface area (Å²) in [6.07, 6.45) is 3.13. The van der Waals surface area contributed by atoms with Gasteiger partial charge in [0.25, 0.3) is 0 Å². The monoisotopic (exact) mass is 336 g/mol. The molecule has 3 aliphatic rings. The Morgan fingerprint density at radius 1 is 1.00 bits per heavy atom. The van der Waals surface area contributed by atoms with Gasteiger partial charge < -0.3 is 4.90 Å². The van der Waals surface area contributed by atoms with Crippen molar-refractivity contribution in [3.63, 3.8) is 0 Å². The number of allylic oxidation sites excluding steroid dienone is 2. The summed E-state index contributed by atoms with van der Waals surface area (Å²) in [5, 5.41) is 0. The molecule has 2 bridgehead atoms. The Morgan fingerprint density at radius 3 is 2.42 bits per heavy atom. The molecule has 0 spiro atoms. The molecule has 0 amide bonds. The summed E-state index contributed by atoms with van der Waals surface area (Å²) < 4.78 is 38.6. The maximum atomic E-state index is 12.9. The molecule has 2 nitrogen and oxygen atoms in total. The standard InChI is InChI=1S/C19H23F3N2/c20-19(21,22)17-2-1-3-18(12-17)24-8-6-23(7-9-24)13-16-11-14-4-5-15(16)10-14/h1-5,12,14-16H,6-11,13H2/t14-,15?,16?/m0/s1. The second kappa shape index (κ2) is 6.10. The van der Waals surface area contributed by atoms with Crippen LogP contribution in [0.4, 0.5) is 18.9 Å². The zero-order valence-corrected chi connectivity index (χ0v) is 13.7. The fraction of sp³-hybridized carbons (Fsp3) is 0.579. The van der Waals surface area contributed by atoms with Gasteiger partial charge in [0.05, 0.1) is 5.56 Å². The Kier molecular flexibility index (Phi) is 4.07. The first-order valence-electron chi connectivity index (χ1n) is 8.82. The van der Waals surface area contributed by atoms with Crippen LogP contribution in [-0.2, 0) is 6.18 Å². The van der Waals surface area contributed by atoms with E-state index in [1.165, 1.54) is 25.0 Å². The highest BCUT2D eigenvalue weighted by atomic mass is 19.4. The third kappa shape index (κ3) is 3.18. The average molecular weight is 336 g/mol. The first-order valence-corrected chi connectivity index (χ1v) is 8.82. The smallest absolute Gasteiger partial charge is 0.369 e. The lowest BCUT2D eigenvalue weighted by molar-refractivity contribution is -0.137. The molecule has 130 valence electrons. The number of anilines is 1. The highest BCUT2D eigenvalue weighted by molar-refractivity contribution is 5.49. The SMILES string of the molecule is FC(F)(F)c1cccc(N2CCN(CC3C[C@H]4C=CC3C4)CC2)c1. The summed E-state index contributed by atoms with van der Waals surface area (Å²) in [6, 6.07) is 5.70. The first-order chi connectivity index (χ1) is 11.5. The Labute approximate surface area is 140 Å². The largest absolute Gasteiger partial charge is 0.416 e. The van der Waals surface area contributed by atoms with Crippen molar-refractivity contribution < 1.29 is 13.2 Å². The van der Waals surface area contributed by atoms with Crippen LogP contribution in [0, 0.1) is 17.8 Å². The molecule has 4 rings (SSSR count). The predicted octanol–water partition coefficient (Wildman–Crippen LogP) is 4.04. The van der Waals surface area contributed by atoms with Crippen LogP contribution in [0.1, 0.15) is 18.4 Å². The summed E-state index contributed by atoms with van der Waals surface area (Å²) >= 11 is 0. The molecule has 2 fully saturated rings. The summed E-state index contributed by atoms with van der Waals surface area (Å²) in [6.45, 7) is 4.62. The van der Waals surface area contributed by atoms with E-state index in [0.717, 1.165) is 56.5 Å². The van der Waals surface area contributed by atoms with Crippen molar-refractivity contribution in [3.05, 3.63) is 42.0 Å². The molecular weight excluding hydrogens is 313 g/mol. The Morgan fingerprint density at radius 2 is 1.79 bits per heavy atom. The maximum absolute atomic E-state index is 12.9. The van der Waals surface area contributed by atoms with Crippen LogP contribution in [0.15, 0.2) is 36.4 Å². The molecule has 1 aromatic carbocycles. The molecule has 3 atom stereocenters. The number of halogens is 3. The molecule has 1 saturated heterocycles. The summed E-state index contributed by atoms with van der Waals surface area (Å²) in [5.74, 6) is 2.34. The van der Waals surface area contributed by atoms with Crippen molar-refractivity contribution in [2.45, 2.75) is 19.0 Å². The van der Waals surface area contributed by atoms with Gasteiger partial charge in [0.2, 0.25) is 0 Å². The third-order valence-corrected chi connectivity index (χ3v) is 5.82. The molecule has 2 aliphatic carbocycles. The van der Waals surface area contributed by atoms with Crippen molar-refractivity contribution in [3.8, 4) is 0 Å². The van der Waals surface area contributed by atoms with Crippen LogP contribution < -0.4 is 4.90 Å². The van der Waals surface area contributed by atoms with E-state index in [4.69, 9.17) is 0 Å². The average Bonchev–Trinajstić information content (AvgIpc) is 3.18. The minimum absolute atomic E-state index is 0.559. The third-order valence-electron chi connectivity index (χ3n) is 5.82. The number of hydrogen-bond donors (Lipinski definition) is 0. The van der Waals surface area contributed by atoms with E-state index in [9.17, 15) is 13.2 Å². The highest BCUT2D eigenvalue weighted by Gasteiger charge is 2.37. The molecule has 2 unspecified atom stereocenters. The summed E-state index contributed by atoms with van der Waals surface area (Å²) in [7, 11) is 0. The molecule has 1 aromatic rings. The molecule has 5 heteroatoms. The predicted molar refractivity (Wildman–Crippen MR) is 88.9 cm³/mol. The molecule has 24 heavy (non-hydrogen) atoms. The minimum atomic E-state index is -4.27. The van der Waals surface area contributed by atoms with Gasteiger partial charge in [-0.3, -0.25) is 4.90 Å². The van der Waals surface area contributed by atoms with E-state index in [1.807, 2.05) is 0 Å². The molecule has 1 saturated carbocycles. The van der Waals surface area contributed by atoms with E-state index in [2.05, 4.69) is 22.0 Å². The number of fused-ring (bicyclic) bond motifs is 2. The number of benzene rings is 1. The van der Waals surface area contributed by atoms with Crippen molar-refractivity contribution in [2.24, 2.45) is 17.8 Å². The lowest BCUT2D eigenvalue weighted by atomic mass is 9.93. The van der Waals surface area contributed by atoms with Gasteiger partial charge in [-0.1, -0.05) is 18.2 Å². The van der Waals surface area contributed by atoms with Gasteiger partial charge >= 0.3 is 6.18 Å². The van der Waals surface area contributed by atoms with E-state index < -0.39 is 11.7 Å². The van der Waals surface area contributed by atoms with Crippen LogP contribution in [-0.4, -0.2) is 37.6 Å². The molecule has 1 heterocycles. The van der Waals surface area contributed by atoms with Crippen LogP contribution in [0.25, 0.3) is 0 Å². The van der Waals surface area contributed by atoms with Crippen molar-refractivity contribution >= 4 is 5.69 Å². The van der Waals surface area contributed by atoms with E-state index >= 15 is 0 Å².